The third kappa shape index (κ3) is 3.87. The van der Waals surface area contributed by atoms with Crippen LogP contribution in [0, 0.1) is 11.8 Å². The van der Waals surface area contributed by atoms with E-state index < -0.39 is 0 Å². The average Bonchev–Trinajstić information content (AvgIpc) is 2.44. The molecule has 4 heteroatoms. The summed E-state index contributed by atoms with van der Waals surface area (Å²) in [7, 11) is 0. The van der Waals surface area contributed by atoms with Gasteiger partial charge in [-0.05, 0) is 55.2 Å². The fourth-order valence-corrected chi connectivity index (χ4v) is 2.99. The number of carbonyl (C=O) groups is 1. The lowest BCUT2D eigenvalue weighted by Gasteiger charge is -2.31. The lowest BCUT2D eigenvalue weighted by molar-refractivity contribution is -0.350. The zero-order valence-corrected chi connectivity index (χ0v) is 13.3. The summed E-state index contributed by atoms with van der Waals surface area (Å²) in [6.45, 7) is 4.79. The molecule has 2 fully saturated rings. The number of hydrogen-bond donors (Lipinski definition) is 0. The van der Waals surface area contributed by atoms with Crippen LogP contribution in [0.1, 0.15) is 55.5 Å². The molecule has 0 saturated heterocycles. The van der Waals surface area contributed by atoms with E-state index in [4.69, 9.17) is 14.5 Å². The van der Waals surface area contributed by atoms with Crippen LogP contribution in [0.5, 0.6) is 0 Å². The van der Waals surface area contributed by atoms with Crippen molar-refractivity contribution in [1.82, 2.24) is 0 Å². The maximum Gasteiger partial charge on any atom is 0.338 e. The highest BCUT2D eigenvalue weighted by Gasteiger charge is 2.29. The van der Waals surface area contributed by atoms with Crippen molar-refractivity contribution in [3.63, 3.8) is 0 Å². The van der Waals surface area contributed by atoms with Crippen molar-refractivity contribution in [2.24, 2.45) is 11.8 Å². The summed E-state index contributed by atoms with van der Waals surface area (Å²) in [4.78, 5) is 22.6. The Kier molecular flexibility index (Phi) is 4.79. The second kappa shape index (κ2) is 6.80. The molecule has 22 heavy (non-hydrogen) atoms. The van der Waals surface area contributed by atoms with Gasteiger partial charge in [0.15, 0.2) is 0 Å². The van der Waals surface area contributed by atoms with Crippen LogP contribution in [0.2, 0.25) is 0 Å². The van der Waals surface area contributed by atoms with Gasteiger partial charge in [0.2, 0.25) is 0 Å². The summed E-state index contributed by atoms with van der Waals surface area (Å²) in [6.07, 6.45) is 4.46. The van der Waals surface area contributed by atoms with Gasteiger partial charge in [0, 0.05) is 0 Å². The molecule has 0 amide bonds. The second-order valence-electron chi connectivity index (χ2n) is 6.86. The molecule has 0 heterocycles. The maximum atomic E-state index is 12.0. The molecule has 2 saturated carbocycles. The molecule has 0 atom stereocenters. The van der Waals surface area contributed by atoms with Crippen LogP contribution >= 0.6 is 0 Å². The van der Waals surface area contributed by atoms with Gasteiger partial charge in [-0.1, -0.05) is 26.0 Å². The number of ether oxygens (including phenoxy) is 1. The Hall–Kier alpha value is -1.39. The van der Waals surface area contributed by atoms with E-state index in [1.807, 2.05) is 12.1 Å². The van der Waals surface area contributed by atoms with Gasteiger partial charge in [0.05, 0.1) is 11.7 Å². The summed E-state index contributed by atoms with van der Waals surface area (Å²) in [5.74, 6) is 1.19. The topological polar surface area (TPSA) is 44.8 Å². The normalized spacial score (nSPS) is 30.3. The zero-order chi connectivity index (χ0) is 15.5. The summed E-state index contributed by atoms with van der Waals surface area (Å²) in [5.41, 5.74) is 1.58. The van der Waals surface area contributed by atoms with Gasteiger partial charge in [-0.15, -0.1) is 0 Å². The first kappa shape index (κ1) is 15.5. The number of carbonyl (C=O) groups excluding carboxylic acids is 1. The van der Waals surface area contributed by atoms with Gasteiger partial charge in [-0.3, -0.25) is 0 Å². The average molecular weight is 304 g/mol. The van der Waals surface area contributed by atoms with E-state index in [0.717, 1.165) is 37.2 Å². The largest absolute Gasteiger partial charge is 0.459 e. The van der Waals surface area contributed by atoms with E-state index in [9.17, 15) is 4.79 Å². The van der Waals surface area contributed by atoms with Crippen molar-refractivity contribution < 1.29 is 19.3 Å². The summed E-state index contributed by atoms with van der Waals surface area (Å²) >= 11 is 0. The fourth-order valence-electron chi connectivity index (χ4n) is 2.99. The molecule has 2 aliphatic carbocycles. The minimum Gasteiger partial charge on any atom is -0.459 e. The number of hydrogen-bond acceptors (Lipinski definition) is 4. The van der Waals surface area contributed by atoms with Crippen molar-refractivity contribution in [3.8, 4) is 0 Å². The molecule has 4 nitrogen and oxygen atoms in total. The Balaban J connectivity index is 1.40. The lowest BCUT2D eigenvalue weighted by atomic mass is 9.84. The van der Waals surface area contributed by atoms with Crippen LogP contribution in [0.15, 0.2) is 24.3 Å². The van der Waals surface area contributed by atoms with Gasteiger partial charge in [0.1, 0.15) is 12.7 Å². The number of esters is 1. The molecule has 0 bridgehead atoms. The number of benzene rings is 1. The Morgan fingerprint density at radius 2 is 1.59 bits per heavy atom. The van der Waals surface area contributed by atoms with E-state index in [0.29, 0.717) is 18.1 Å². The molecule has 3 rings (SSSR count). The standard InChI is InChI=1S/C18H24O4/c1-12-7-16(8-12)21-18(19)15-5-3-14(4-6-15)11-20-22-17-9-13(2)10-17/h3-6,12-13,16-17H,7-11H2,1-2H3. The molecular formula is C18H24O4. The van der Waals surface area contributed by atoms with Gasteiger partial charge in [0.25, 0.3) is 0 Å². The van der Waals surface area contributed by atoms with Gasteiger partial charge >= 0.3 is 5.97 Å². The van der Waals surface area contributed by atoms with Crippen LogP contribution in [0.3, 0.4) is 0 Å². The number of rotatable bonds is 6. The first-order chi connectivity index (χ1) is 10.6. The molecule has 0 radical (unpaired) electrons. The van der Waals surface area contributed by atoms with E-state index in [1.165, 1.54) is 0 Å². The van der Waals surface area contributed by atoms with Gasteiger partial charge in [-0.25, -0.2) is 14.6 Å². The van der Waals surface area contributed by atoms with Crippen molar-refractivity contribution >= 4 is 5.97 Å². The Labute approximate surface area is 131 Å². The quantitative estimate of drug-likeness (QED) is 0.454. The minimum absolute atomic E-state index is 0.101. The summed E-state index contributed by atoms with van der Waals surface area (Å²) < 4.78 is 5.43. The molecule has 0 unspecified atom stereocenters. The molecule has 0 aromatic heterocycles. The van der Waals surface area contributed by atoms with Crippen LogP contribution < -0.4 is 0 Å². The highest BCUT2D eigenvalue weighted by atomic mass is 17.2. The first-order valence-corrected chi connectivity index (χ1v) is 8.18. The Morgan fingerprint density at radius 1 is 1.00 bits per heavy atom. The van der Waals surface area contributed by atoms with E-state index >= 15 is 0 Å². The predicted molar refractivity (Wildman–Crippen MR) is 82.1 cm³/mol. The molecular weight excluding hydrogens is 280 g/mol. The molecule has 1 aromatic carbocycles. The smallest absolute Gasteiger partial charge is 0.338 e. The monoisotopic (exact) mass is 304 g/mol. The molecule has 2 aliphatic rings. The van der Waals surface area contributed by atoms with Crippen LogP contribution in [0.4, 0.5) is 0 Å². The molecule has 0 spiro atoms. The van der Waals surface area contributed by atoms with Crippen molar-refractivity contribution in [2.75, 3.05) is 0 Å². The van der Waals surface area contributed by atoms with E-state index in [1.54, 1.807) is 12.1 Å². The third-order valence-corrected chi connectivity index (χ3v) is 4.55. The summed E-state index contributed by atoms with van der Waals surface area (Å²) in [6, 6.07) is 7.34. The lowest BCUT2D eigenvalue weighted by Crippen LogP contribution is -2.31. The summed E-state index contributed by atoms with van der Waals surface area (Å²) in [5, 5.41) is 0. The molecule has 0 aliphatic heterocycles. The van der Waals surface area contributed by atoms with Crippen molar-refractivity contribution in [2.45, 2.75) is 58.3 Å². The molecule has 120 valence electrons. The van der Waals surface area contributed by atoms with E-state index in [-0.39, 0.29) is 18.2 Å². The fraction of sp³-hybridized carbons (Fsp3) is 0.611. The SMILES string of the molecule is CC1CC(OOCc2ccc(C(=O)OC3CC(C)C3)cc2)C1. The van der Waals surface area contributed by atoms with Gasteiger partial charge in [-0.2, -0.15) is 0 Å². The zero-order valence-electron chi connectivity index (χ0n) is 13.3. The van der Waals surface area contributed by atoms with Gasteiger partial charge < -0.3 is 4.74 Å². The second-order valence-corrected chi connectivity index (χ2v) is 6.86. The maximum absolute atomic E-state index is 12.0. The third-order valence-electron chi connectivity index (χ3n) is 4.55. The first-order valence-electron chi connectivity index (χ1n) is 8.18. The Morgan fingerprint density at radius 3 is 2.18 bits per heavy atom. The highest BCUT2D eigenvalue weighted by molar-refractivity contribution is 5.89. The van der Waals surface area contributed by atoms with Crippen molar-refractivity contribution in [1.29, 1.82) is 0 Å². The van der Waals surface area contributed by atoms with Crippen LogP contribution in [-0.4, -0.2) is 18.2 Å². The van der Waals surface area contributed by atoms with Crippen LogP contribution in [0.25, 0.3) is 0 Å². The Bertz CT molecular complexity index is 498. The van der Waals surface area contributed by atoms with E-state index in [2.05, 4.69) is 13.8 Å². The molecule has 1 aromatic rings. The minimum atomic E-state index is -0.232. The van der Waals surface area contributed by atoms with Crippen molar-refractivity contribution in [3.05, 3.63) is 35.4 Å². The molecule has 0 N–H and O–H groups in total. The predicted octanol–water partition coefficient (Wildman–Crippen LogP) is 3.89. The highest BCUT2D eigenvalue weighted by Crippen LogP contribution is 2.30. The van der Waals surface area contributed by atoms with Crippen LogP contribution in [-0.2, 0) is 21.1 Å².